The van der Waals surface area contributed by atoms with Gasteiger partial charge < -0.3 is 4.74 Å². The normalized spacial score (nSPS) is 14.7. The van der Waals surface area contributed by atoms with Gasteiger partial charge in [-0.15, -0.1) is 0 Å². The number of ether oxygens (including phenoxy) is 1. The van der Waals surface area contributed by atoms with Gasteiger partial charge in [-0.1, -0.05) is 37.1 Å². The summed E-state index contributed by atoms with van der Waals surface area (Å²) in [4.78, 5) is 17.0. The number of Topliss-reactive ketones (excluding diaryl/α,β-unsaturated/α-hetero) is 1. The highest BCUT2D eigenvalue weighted by Gasteiger charge is 2.23. The average molecular weight is 331 g/mol. The van der Waals surface area contributed by atoms with E-state index in [9.17, 15) is 4.79 Å². The number of hydrogen-bond acceptors (Lipinski definition) is 3. The summed E-state index contributed by atoms with van der Waals surface area (Å²) >= 11 is 0. The Bertz CT molecular complexity index is 880. The minimum absolute atomic E-state index is 0.216. The first kappa shape index (κ1) is 15.8. The molecule has 1 heterocycles. The number of benzene rings is 2. The third-order valence-electron chi connectivity index (χ3n) is 4.91. The summed E-state index contributed by atoms with van der Waals surface area (Å²) < 4.78 is 5.83. The molecule has 3 nitrogen and oxygen atoms in total. The lowest BCUT2D eigenvalue weighted by Crippen LogP contribution is -2.10. The summed E-state index contributed by atoms with van der Waals surface area (Å²) in [6, 6.07) is 19.6. The van der Waals surface area contributed by atoms with Crippen molar-refractivity contribution in [1.82, 2.24) is 4.98 Å². The van der Waals surface area contributed by atoms with E-state index in [1.54, 1.807) is 0 Å². The maximum Gasteiger partial charge on any atom is 0.165 e. The van der Waals surface area contributed by atoms with Crippen LogP contribution >= 0.6 is 0 Å². The second-order valence-electron chi connectivity index (χ2n) is 6.65. The molecule has 0 aliphatic heterocycles. The van der Waals surface area contributed by atoms with Crippen LogP contribution in [-0.4, -0.2) is 10.8 Å². The lowest BCUT2D eigenvalue weighted by molar-refractivity contribution is 0.0923. The zero-order valence-electron chi connectivity index (χ0n) is 14.2. The summed E-state index contributed by atoms with van der Waals surface area (Å²) in [7, 11) is 0. The van der Waals surface area contributed by atoms with Gasteiger partial charge in [0.15, 0.2) is 5.78 Å². The molecule has 126 valence electrons. The number of fused-ring (bicyclic) bond motifs is 1. The predicted molar refractivity (Wildman–Crippen MR) is 98.8 cm³/mol. The predicted octanol–water partition coefficient (Wildman–Crippen LogP) is 5.19. The Hall–Kier alpha value is -2.68. The Kier molecular flexibility index (Phi) is 4.47. The van der Waals surface area contributed by atoms with E-state index < -0.39 is 0 Å². The van der Waals surface area contributed by atoms with Gasteiger partial charge in [0.25, 0.3) is 0 Å². The molecule has 1 saturated carbocycles. The zero-order valence-corrected chi connectivity index (χ0v) is 14.2. The molecule has 25 heavy (non-hydrogen) atoms. The fourth-order valence-electron chi connectivity index (χ4n) is 3.49. The summed E-state index contributed by atoms with van der Waals surface area (Å²) in [5.74, 6) is 1.26. The molecule has 4 rings (SSSR count). The lowest BCUT2D eigenvalue weighted by atomic mass is 9.96. The van der Waals surface area contributed by atoms with Crippen LogP contribution in [0.2, 0.25) is 0 Å². The molecule has 0 unspecified atom stereocenters. The minimum atomic E-state index is 0.216. The molecule has 0 amide bonds. The maximum atomic E-state index is 12.4. The third kappa shape index (κ3) is 3.55. The molecule has 0 N–H and O–H groups in total. The van der Waals surface area contributed by atoms with Gasteiger partial charge >= 0.3 is 0 Å². The highest BCUT2D eigenvalue weighted by Crippen LogP contribution is 2.28. The smallest absolute Gasteiger partial charge is 0.165 e. The highest BCUT2D eigenvalue weighted by molar-refractivity contribution is 5.98. The molecular formula is C22H21NO2. The standard InChI is InChI=1S/C22H21NO2/c24-22(17-6-1-2-7-17)18-10-13-20(14-11-18)25-15-19-12-9-16-5-3-4-8-21(16)23-19/h3-5,8-14,17H,1-2,6-7,15H2. The summed E-state index contributed by atoms with van der Waals surface area (Å²) in [5, 5.41) is 1.13. The Morgan fingerprint density at radius 1 is 0.960 bits per heavy atom. The van der Waals surface area contributed by atoms with Gasteiger partial charge in [-0.05, 0) is 49.2 Å². The quantitative estimate of drug-likeness (QED) is 0.604. The molecular weight excluding hydrogens is 310 g/mol. The minimum Gasteiger partial charge on any atom is -0.487 e. The summed E-state index contributed by atoms with van der Waals surface area (Å²) in [6.45, 7) is 0.417. The Labute approximate surface area is 147 Å². The van der Waals surface area contributed by atoms with Crippen LogP contribution < -0.4 is 4.74 Å². The van der Waals surface area contributed by atoms with E-state index in [2.05, 4.69) is 11.1 Å². The first-order chi connectivity index (χ1) is 12.3. The van der Waals surface area contributed by atoms with Crippen molar-refractivity contribution >= 4 is 16.7 Å². The van der Waals surface area contributed by atoms with Gasteiger partial charge in [0.2, 0.25) is 0 Å². The van der Waals surface area contributed by atoms with Gasteiger partial charge in [0, 0.05) is 16.9 Å². The van der Waals surface area contributed by atoms with E-state index in [0.29, 0.717) is 6.61 Å². The third-order valence-corrected chi connectivity index (χ3v) is 4.91. The molecule has 0 spiro atoms. The van der Waals surface area contributed by atoms with Crippen molar-refractivity contribution in [2.24, 2.45) is 5.92 Å². The number of hydrogen-bond donors (Lipinski definition) is 0. The van der Waals surface area contributed by atoms with E-state index in [0.717, 1.165) is 40.8 Å². The molecule has 1 aliphatic carbocycles. The molecule has 0 radical (unpaired) electrons. The number of carbonyl (C=O) groups is 1. The monoisotopic (exact) mass is 331 g/mol. The van der Waals surface area contributed by atoms with Crippen LogP contribution in [-0.2, 0) is 6.61 Å². The van der Waals surface area contributed by atoms with Crippen molar-refractivity contribution in [3.05, 3.63) is 71.9 Å². The van der Waals surface area contributed by atoms with Crippen LogP contribution in [0.1, 0.15) is 41.7 Å². The molecule has 1 aromatic heterocycles. The van der Waals surface area contributed by atoms with Crippen LogP contribution in [0.25, 0.3) is 10.9 Å². The number of para-hydroxylation sites is 1. The first-order valence-electron chi connectivity index (χ1n) is 8.91. The van der Waals surface area contributed by atoms with Crippen molar-refractivity contribution in [3.8, 4) is 5.75 Å². The molecule has 1 aliphatic rings. The van der Waals surface area contributed by atoms with Crippen LogP contribution in [0, 0.1) is 5.92 Å². The number of pyridine rings is 1. The molecule has 3 heteroatoms. The van der Waals surface area contributed by atoms with E-state index in [-0.39, 0.29) is 11.7 Å². The largest absolute Gasteiger partial charge is 0.487 e. The van der Waals surface area contributed by atoms with Crippen molar-refractivity contribution in [1.29, 1.82) is 0 Å². The van der Waals surface area contributed by atoms with Crippen molar-refractivity contribution in [2.45, 2.75) is 32.3 Å². The van der Waals surface area contributed by atoms with E-state index in [1.807, 2.05) is 54.6 Å². The van der Waals surface area contributed by atoms with Crippen LogP contribution in [0.5, 0.6) is 5.75 Å². The van der Waals surface area contributed by atoms with Gasteiger partial charge in [-0.3, -0.25) is 4.79 Å². The van der Waals surface area contributed by atoms with Crippen LogP contribution in [0.4, 0.5) is 0 Å². The van der Waals surface area contributed by atoms with Crippen LogP contribution in [0.15, 0.2) is 60.7 Å². The Morgan fingerprint density at radius 3 is 2.52 bits per heavy atom. The topological polar surface area (TPSA) is 39.2 Å². The molecule has 0 bridgehead atoms. The summed E-state index contributed by atoms with van der Waals surface area (Å²) in [6.07, 6.45) is 4.42. The highest BCUT2D eigenvalue weighted by atomic mass is 16.5. The molecule has 3 aromatic rings. The number of carbonyl (C=O) groups excluding carboxylic acids is 1. The lowest BCUT2D eigenvalue weighted by Gasteiger charge is -2.10. The number of nitrogens with zero attached hydrogens (tertiary/aromatic N) is 1. The Balaban J connectivity index is 1.41. The van der Waals surface area contributed by atoms with E-state index in [1.165, 1.54) is 12.8 Å². The number of aromatic nitrogens is 1. The van der Waals surface area contributed by atoms with Crippen molar-refractivity contribution in [2.75, 3.05) is 0 Å². The molecule has 1 fully saturated rings. The molecule has 2 aromatic carbocycles. The van der Waals surface area contributed by atoms with Gasteiger partial charge in [0.1, 0.15) is 12.4 Å². The Morgan fingerprint density at radius 2 is 1.72 bits per heavy atom. The fraction of sp³-hybridized carbons (Fsp3) is 0.273. The van der Waals surface area contributed by atoms with Crippen LogP contribution in [0.3, 0.4) is 0 Å². The fourth-order valence-corrected chi connectivity index (χ4v) is 3.49. The molecule has 0 atom stereocenters. The first-order valence-corrected chi connectivity index (χ1v) is 8.91. The van der Waals surface area contributed by atoms with Crippen molar-refractivity contribution < 1.29 is 9.53 Å². The second kappa shape index (κ2) is 7.06. The maximum absolute atomic E-state index is 12.4. The number of rotatable bonds is 5. The van der Waals surface area contributed by atoms with Gasteiger partial charge in [-0.25, -0.2) is 4.98 Å². The van der Waals surface area contributed by atoms with Crippen molar-refractivity contribution in [3.63, 3.8) is 0 Å². The number of ketones is 1. The zero-order chi connectivity index (χ0) is 17.1. The molecule has 0 saturated heterocycles. The van der Waals surface area contributed by atoms with E-state index >= 15 is 0 Å². The SMILES string of the molecule is O=C(c1ccc(OCc2ccc3ccccc3n2)cc1)C1CCCC1. The van der Waals surface area contributed by atoms with Gasteiger partial charge in [-0.2, -0.15) is 0 Å². The van der Waals surface area contributed by atoms with Gasteiger partial charge in [0.05, 0.1) is 11.2 Å². The van der Waals surface area contributed by atoms with E-state index in [4.69, 9.17) is 4.74 Å². The second-order valence-corrected chi connectivity index (χ2v) is 6.65. The summed E-state index contributed by atoms with van der Waals surface area (Å²) in [5.41, 5.74) is 2.66. The average Bonchev–Trinajstić information content (AvgIpc) is 3.21.